The van der Waals surface area contributed by atoms with Crippen LogP contribution in [0.25, 0.3) is 0 Å². The summed E-state index contributed by atoms with van der Waals surface area (Å²) >= 11 is 1.97. The van der Waals surface area contributed by atoms with Gasteiger partial charge in [0.25, 0.3) is 0 Å². The van der Waals surface area contributed by atoms with Crippen LogP contribution in [0.15, 0.2) is 47.6 Å². The fourth-order valence-corrected chi connectivity index (χ4v) is 2.66. The smallest absolute Gasteiger partial charge is 0.240 e. The van der Waals surface area contributed by atoms with Crippen LogP contribution in [0.1, 0.15) is 18.4 Å². The van der Waals surface area contributed by atoms with Gasteiger partial charge in [-0.25, -0.2) is 5.43 Å². The summed E-state index contributed by atoms with van der Waals surface area (Å²) in [5.74, 6) is -0.237. The quantitative estimate of drug-likeness (QED) is 0.331. The number of carbonyl (C=O) groups is 2. The molecule has 0 bridgehead atoms. The fourth-order valence-electron chi connectivity index (χ4n) is 2.03. The number of phenols is 1. The van der Waals surface area contributed by atoms with Gasteiger partial charge in [0.05, 0.1) is 16.9 Å². The summed E-state index contributed by atoms with van der Waals surface area (Å²) in [4.78, 5) is 23.5. The van der Waals surface area contributed by atoms with Gasteiger partial charge in [-0.2, -0.15) is 5.10 Å². The molecule has 136 valence electrons. The molecule has 0 saturated heterocycles. The molecule has 0 aromatic heterocycles. The van der Waals surface area contributed by atoms with Gasteiger partial charge in [0, 0.05) is 18.5 Å². The van der Waals surface area contributed by atoms with Gasteiger partial charge >= 0.3 is 0 Å². The van der Waals surface area contributed by atoms with Gasteiger partial charge in [0.15, 0.2) is 11.5 Å². The molecule has 3 N–H and O–H groups in total. The van der Waals surface area contributed by atoms with Gasteiger partial charge in [0.2, 0.25) is 11.8 Å². The lowest BCUT2D eigenvalue weighted by Crippen LogP contribution is -2.20. The molecule has 2 aromatic rings. The lowest BCUT2D eigenvalue weighted by Gasteiger charge is -2.06. The van der Waals surface area contributed by atoms with E-state index < -0.39 is 0 Å². The summed E-state index contributed by atoms with van der Waals surface area (Å²) in [5, 5.41) is 16.3. The second-order valence-electron chi connectivity index (χ2n) is 5.26. The maximum Gasteiger partial charge on any atom is 0.240 e. The molecule has 0 unspecified atom stereocenters. The highest BCUT2D eigenvalue weighted by Gasteiger charge is 2.08. The van der Waals surface area contributed by atoms with Crippen molar-refractivity contribution in [1.29, 1.82) is 0 Å². The number of nitrogens with one attached hydrogen (secondary N) is 2. The standard InChI is InChI=1S/C18H18IN3O4/c1-26-15-10-12(9-14(19)18(15)25)11-20-22-17(24)8-7-16(23)21-13-5-3-2-4-6-13/h2-6,9-11,25H,7-8H2,1H3,(H,21,23)(H,22,24). The van der Waals surface area contributed by atoms with Crippen molar-refractivity contribution in [2.24, 2.45) is 5.10 Å². The Morgan fingerprint density at radius 2 is 1.88 bits per heavy atom. The maximum absolute atomic E-state index is 11.8. The minimum Gasteiger partial charge on any atom is -0.504 e. The van der Waals surface area contributed by atoms with Crippen LogP contribution in [0.5, 0.6) is 11.5 Å². The number of benzene rings is 2. The van der Waals surface area contributed by atoms with E-state index in [1.165, 1.54) is 13.3 Å². The molecule has 0 heterocycles. The molecule has 8 heteroatoms. The van der Waals surface area contributed by atoms with Gasteiger partial charge in [-0.3, -0.25) is 9.59 Å². The Kier molecular flexibility index (Phi) is 7.39. The van der Waals surface area contributed by atoms with Crippen LogP contribution in [0.2, 0.25) is 0 Å². The van der Waals surface area contributed by atoms with Gasteiger partial charge < -0.3 is 15.2 Å². The van der Waals surface area contributed by atoms with Crippen LogP contribution in [-0.2, 0) is 9.59 Å². The average molecular weight is 467 g/mol. The molecule has 7 nitrogen and oxygen atoms in total. The van der Waals surface area contributed by atoms with Crippen LogP contribution >= 0.6 is 22.6 Å². The molecule has 0 fully saturated rings. The van der Waals surface area contributed by atoms with Crippen molar-refractivity contribution >= 4 is 46.3 Å². The first kappa shape index (κ1) is 19.7. The van der Waals surface area contributed by atoms with Crippen molar-refractivity contribution in [3.05, 3.63) is 51.6 Å². The molecule has 0 saturated carbocycles. The van der Waals surface area contributed by atoms with Gasteiger partial charge in [-0.05, 0) is 52.4 Å². The zero-order valence-electron chi connectivity index (χ0n) is 14.0. The van der Waals surface area contributed by atoms with E-state index in [9.17, 15) is 14.7 Å². The Hall–Kier alpha value is -2.62. The van der Waals surface area contributed by atoms with E-state index in [2.05, 4.69) is 15.8 Å². The number of methoxy groups -OCH3 is 1. The Bertz CT molecular complexity index is 810. The number of amides is 2. The SMILES string of the molecule is COc1cc(C=NNC(=O)CCC(=O)Nc2ccccc2)cc(I)c1O. The van der Waals surface area contributed by atoms with Crippen molar-refractivity contribution in [2.45, 2.75) is 12.8 Å². The number of carbonyl (C=O) groups excluding carboxylic acids is 2. The lowest BCUT2D eigenvalue weighted by molar-refractivity contribution is -0.124. The van der Waals surface area contributed by atoms with Gasteiger partial charge in [-0.15, -0.1) is 0 Å². The Labute approximate surface area is 164 Å². The minimum atomic E-state index is -0.370. The minimum absolute atomic E-state index is 0.0203. The van der Waals surface area contributed by atoms with E-state index in [0.717, 1.165) is 0 Å². The van der Waals surface area contributed by atoms with Crippen LogP contribution in [-0.4, -0.2) is 30.2 Å². The third-order valence-corrected chi connectivity index (χ3v) is 4.13. The summed E-state index contributed by atoms with van der Waals surface area (Å²) < 4.78 is 5.66. The Morgan fingerprint density at radius 1 is 1.19 bits per heavy atom. The molecule has 0 radical (unpaired) electrons. The lowest BCUT2D eigenvalue weighted by atomic mass is 10.2. The number of ether oxygens (including phenoxy) is 1. The predicted molar refractivity (Wildman–Crippen MR) is 107 cm³/mol. The molecule has 2 aromatic carbocycles. The molecular formula is C18H18IN3O4. The van der Waals surface area contributed by atoms with E-state index in [1.807, 2.05) is 40.8 Å². The molecule has 0 aliphatic rings. The number of anilines is 1. The highest BCUT2D eigenvalue weighted by atomic mass is 127. The number of hydrogen-bond donors (Lipinski definition) is 3. The molecule has 0 aliphatic heterocycles. The molecule has 0 spiro atoms. The van der Waals surface area contributed by atoms with Crippen molar-refractivity contribution in [3.8, 4) is 11.5 Å². The third kappa shape index (κ3) is 6.03. The maximum atomic E-state index is 11.8. The topological polar surface area (TPSA) is 100 Å². The predicted octanol–water partition coefficient (Wildman–Crippen LogP) is 2.87. The van der Waals surface area contributed by atoms with E-state index in [1.54, 1.807) is 24.3 Å². The van der Waals surface area contributed by atoms with E-state index >= 15 is 0 Å². The monoisotopic (exact) mass is 467 g/mol. The molecule has 2 rings (SSSR count). The molecule has 26 heavy (non-hydrogen) atoms. The van der Waals surface area contributed by atoms with E-state index in [4.69, 9.17) is 4.74 Å². The Morgan fingerprint density at radius 3 is 2.58 bits per heavy atom. The number of para-hydroxylation sites is 1. The van der Waals surface area contributed by atoms with Crippen LogP contribution in [0, 0.1) is 3.57 Å². The number of hydrazone groups is 1. The van der Waals surface area contributed by atoms with Gasteiger partial charge in [-0.1, -0.05) is 18.2 Å². The second kappa shape index (κ2) is 9.76. The molecule has 0 aliphatic carbocycles. The number of aromatic hydroxyl groups is 1. The zero-order valence-corrected chi connectivity index (χ0v) is 16.2. The fraction of sp³-hybridized carbons (Fsp3) is 0.167. The van der Waals surface area contributed by atoms with Crippen molar-refractivity contribution in [1.82, 2.24) is 5.43 Å². The highest BCUT2D eigenvalue weighted by molar-refractivity contribution is 14.1. The van der Waals surface area contributed by atoms with Crippen molar-refractivity contribution in [3.63, 3.8) is 0 Å². The third-order valence-electron chi connectivity index (χ3n) is 3.31. The number of halogens is 1. The van der Waals surface area contributed by atoms with Crippen LogP contribution in [0.4, 0.5) is 5.69 Å². The molecule has 0 atom stereocenters. The van der Waals surface area contributed by atoms with Gasteiger partial charge in [0.1, 0.15) is 0 Å². The van der Waals surface area contributed by atoms with E-state index in [0.29, 0.717) is 20.6 Å². The first-order valence-electron chi connectivity index (χ1n) is 7.73. The average Bonchev–Trinajstić information content (AvgIpc) is 2.63. The number of nitrogens with zero attached hydrogens (tertiary/aromatic N) is 1. The summed E-state index contributed by atoms with van der Waals surface area (Å²) in [6.45, 7) is 0. The molecular weight excluding hydrogens is 449 g/mol. The second-order valence-corrected chi connectivity index (χ2v) is 6.42. The van der Waals surface area contributed by atoms with E-state index in [-0.39, 0.29) is 30.4 Å². The molecule has 2 amide bonds. The first-order chi connectivity index (χ1) is 12.5. The van der Waals surface area contributed by atoms with Crippen LogP contribution < -0.4 is 15.5 Å². The zero-order chi connectivity index (χ0) is 18.9. The summed E-state index contributed by atoms with van der Waals surface area (Å²) in [7, 11) is 1.45. The van der Waals surface area contributed by atoms with Crippen molar-refractivity contribution in [2.75, 3.05) is 12.4 Å². The summed E-state index contributed by atoms with van der Waals surface area (Å²) in [6, 6.07) is 12.3. The Balaban J connectivity index is 1.80. The van der Waals surface area contributed by atoms with Crippen molar-refractivity contribution < 1.29 is 19.4 Å². The highest BCUT2D eigenvalue weighted by Crippen LogP contribution is 2.31. The number of rotatable bonds is 7. The summed E-state index contributed by atoms with van der Waals surface area (Å²) in [5.41, 5.74) is 3.71. The number of phenolic OH excluding ortho intramolecular Hbond substituents is 1. The first-order valence-corrected chi connectivity index (χ1v) is 8.80. The van der Waals surface area contributed by atoms with Crippen LogP contribution in [0.3, 0.4) is 0 Å². The normalized spacial score (nSPS) is 10.5. The number of hydrogen-bond acceptors (Lipinski definition) is 5. The summed E-state index contributed by atoms with van der Waals surface area (Å²) in [6.07, 6.45) is 1.51. The largest absolute Gasteiger partial charge is 0.504 e.